The summed E-state index contributed by atoms with van der Waals surface area (Å²) in [5, 5.41) is 10.2. The van der Waals surface area contributed by atoms with E-state index in [1.807, 2.05) is 11.3 Å². The molecule has 1 aromatic heterocycles. The van der Waals surface area contributed by atoms with Crippen molar-refractivity contribution >= 4 is 80.9 Å². The van der Waals surface area contributed by atoms with Gasteiger partial charge in [0.15, 0.2) is 0 Å². The number of fused-ring (bicyclic) bond motifs is 7. The second-order valence-corrected chi connectivity index (χ2v) is 17.1. The van der Waals surface area contributed by atoms with E-state index in [1.165, 1.54) is 97.0 Å². The van der Waals surface area contributed by atoms with Crippen LogP contribution in [0, 0.1) is 0 Å². The Balaban J connectivity index is 1.05. The van der Waals surface area contributed by atoms with Gasteiger partial charge in [0.2, 0.25) is 0 Å². The summed E-state index contributed by atoms with van der Waals surface area (Å²) in [6, 6.07) is 86.8. The first kappa shape index (κ1) is 36.1. The van der Waals surface area contributed by atoms with Gasteiger partial charge in [-0.05, 0) is 114 Å². The quantitative estimate of drug-likeness (QED) is 0.145. The molecule has 2 heteroatoms. The number of thiophene rings is 1. The summed E-state index contributed by atoms with van der Waals surface area (Å²) in [6.07, 6.45) is 0. The second-order valence-electron chi connectivity index (χ2n) is 16.0. The van der Waals surface area contributed by atoms with Gasteiger partial charge in [-0.2, -0.15) is 0 Å². The van der Waals surface area contributed by atoms with Crippen molar-refractivity contribution in [2.75, 3.05) is 4.90 Å². The van der Waals surface area contributed by atoms with E-state index in [0.29, 0.717) is 0 Å². The predicted octanol–water partition coefficient (Wildman–Crippen LogP) is 17.7. The molecular formula is C60H39NS. The third kappa shape index (κ3) is 6.15. The fraction of sp³-hybridized carbons (Fsp3) is 0. The van der Waals surface area contributed by atoms with Crippen LogP contribution in [0.3, 0.4) is 0 Å². The van der Waals surface area contributed by atoms with Crippen LogP contribution < -0.4 is 4.90 Å². The fourth-order valence-electron chi connectivity index (χ4n) is 9.50. The van der Waals surface area contributed by atoms with Gasteiger partial charge in [-0.25, -0.2) is 0 Å². The molecule has 0 saturated carbocycles. The van der Waals surface area contributed by atoms with Gasteiger partial charge in [0, 0.05) is 37.1 Å². The highest BCUT2D eigenvalue weighted by molar-refractivity contribution is 7.26. The van der Waals surface area contributed by atoms with Gasteiger partial charge in [-0.1, -0.05) is 194 Å². The number of anilines is 3. The standard InChI is InChI=1S/C60H39NS/c1-2-14-41(15-3-1)51-37-32-45(49-24-12-18-40-16-4-6-19-48(40)49)39-58(51)61(46-33-28-42(29-34-46)52-25-13-26-56-55-23-10-11-27-59(55)62-60(52)56)47-35-30-43(31-36-47)57-38-44-17-5-7-20-50(44)53-21-8-9-22-54(53)57/h1-39H. The van der Waals surface area contributed by atoms with E-state index in [-0.39, 0.29) is 0 Å². The number of nitrogens with zero attached hydrogens (tertiary/aromatic N) is 1. The molecule has 1 heterocycles. The lowest BCUT2D eigenvalue weighted by molar-refractivity contribution is 1.28. The van der Waals surface area contributed by atoms with Crippen LogP contribution in [0.25, 0.3) is 97.0 Å². The van der Waals surface area contributed by atoms with Crippen molar-refractivity contribution in [1.29, 1.82) is 0 Å². The van der Waals surface area contributed by atoms with Crippen LogP contribution in [0.2, 0.25) is 0 Å². The molecule has 0 aliphatic carbocycles. The highest BCUT2D eigenvalue weighted by Crippen LogP contribution is 2.46. The molecule has 0 atom stereocenters. The van der Waals surface area contributed by atoms with E-state index in [4.69, 9.17) is 0 Å². The largest absolute Gasteiger partial charge is 0.310 e. The van der Waals surface area contributed by atoms with Crippen molar-refractivity contribution in [1.82, 2.24) is 0 Å². The Morgan fingerprint density at radius 2 is 0.806 bits per heavy atom. The Morgan fingerprint density at radius 1 is 0.274 bits per heavy atom. The van der Waals surface area contributed by atoms with Crippen molar-refractivity contribution in [2.45, 2.75) is 0 Å². The molecule has 1 nitrogen and oxygen atoms in total. The van der Waals surface area contributed by atoms with E-state index in [2.05, 4.69) is 241 Å². The van der Waals surface area contributed by atoms with Crippen LogP contribution in [-0.4, -0.2) is 0 Å². The number of hydrogen-bond acceptors (Lipinski definition) is 2. The van der Waals surface area contributed by atoms with Crippen molar-refractivity contribution in [3.63, 3.8) is 0 Å². The lowest BCUT2D eigenvalue weighted by Gasteiger charge is -2.29. The average molecular weight is 806 g/mol. The van der Waals surface area contributed by atoms with Gasteiger partial charge < -0.3 is 4.90 Å². The van der Waals surface area contributed by atoms with E-state index in [9.17, 15) is 0 Å². The number of benzene rings is 11. The molecule has 62 heavy (non-hydrogen) atoms. The van der Waals surface area contributed by atoms with Crippen molar-refractivity contribution in [3.05, 3.63) is 237 Å². The molecule has 0 aliphatic heterocycles. The summed E-state index contributed by atoms with van der Waals surface area (Å²) in [5.41, 5.74) is 12.9. The minimum atomic E-state index is 1.09. The third-order valence-corrected chi connectivity index (χ3v) is 13.7. The van der Waals surface area contributed by atoms with E-state index < -0.39 is 0 Å². The molecule has 11 aromatic carbocycles. The molecule has 0 unspecified atom stereocenters. The maximum atomic E-state index is 2.45. The normalized spacial score (nSPS) is 11.5. The summed E-state index contributed by atoms with van der Waals surface area (Å²) in [7, 11) is 0. The Morgan fingerprint density at radius 3 is 1.58 bits per heavy atom. The van der Waals surface area contributed by atoms with Gasteiger partial charge in [0.05, 0.1) is 5.69 Å². The Hall–Kier alpha value is -7.78. The van der Waals surface area contributed by atoms with Crippen molar-refractivity contribution in [3.8, 4) is 44.5 Å². The first-order chi connectivity index (χ1) is 30.7. The summed E-state index contributed by atoms with van der Waals surface area (Å²) < 4.78 is 2.64. The molecule has 0 N–H and O–H groups in total. The molecule has 0 bridgehead atoms. The van der Waals surface area contributed by atoms with Crippen LogP contribution in [0.1, 0.15) is 0 Å². The molecular weight excluding hydrogens is 767 g/mol. The van der Waals surface area contributed by atoms with Crippen LogP contribution >= 0.6 is 11.3 Å². The average Bonchev–Trinajstić information content (AvgIpc) is 3.74. The van der Waals surface area contributed by atoms with Crippen LogP contribution in [-0.2, 0) is 0 Å². The highest BCUT2D eigenvalue weighted by Gasteiger charge is 2.21. The smallest absolute Gasteiger partial charge is 0.0546 e. The fourth-order valence-corrected chi connectivity index (χ4v) is 10.7. The first-order valence-electron chi connectivity index (χ1n) is 21.2. The van der Waals surface area contributed by atoms with Crippen LogP contribution in [0.4, 0.5) is 17.1 Å². The number of rotatable bonds is 7. The summed E-state index contributed by atoms with van der Waals surface area (Å²) in [5.74, 6) is 0. The Labute approximate surface area is 365 Å². The number of hydrogen-bond donors (Lipinski definition) is 0. The Bertz CT molecular complexity index is 3610. The lowest BCUT2D eigenvalue weighted by Crippen LogP contribution is -2.11. The van der Waals surface area contributed by atoms with Gasteiger partial charge >= 0.3 is 0 Å². The molecule has 0 aliphatic rings. The van der Waals surface area contributed by atoms with Gasteiger partial charge in [0.1, 0.15) is 0 Å². The molecule has 12 aromatic rings. The van der Waals surface area contributed by atoms with Crippen molar-refractivity contribution < 1.29 is 0 Å². The minimum absolute atomic E-state index is 1.09. The zero-order valence-electron chi connectivity index (χ0n) is 33.9. The molecule has 0 fully saturated rings. The predicted molar refractivity (Wildman–Crippen MR) is 268 cm³/mol. The molecule has 0 saturated heterocycles. The van der Waals surface area contributed by atoms with Crippen LogP contribution in [0.5, 0.6) is 0 Å². The van der Waals surface area contributed by atoms with Gasteiger partial charge in [-0.15, -0.1) is 11.3 Å². The molecule has 12 rings (SSSR count). The maximum Gasteiger partial charge on any atom is 0.0546 e. The highest BCUT2D eigenvalue weighted by atomic mass is 32.1. The van der Waals surface area contributed by atoms with E-state index >= 15 is 0 Å². The van der Waals surface area contributed by atoms with Crippen molar-refractivity contribution in [2.24, 2.45) is 0 Å². The first-order valence-corrected chi connectivity index (χ1v) is 22.1. The van der Waals surface area contributed by atoms with Gasteiger partial charge in [-0.3, -0.25) is 0 Å². The molecule has 290 valence electrons. The zero-order valence-corrected chi connectivity index (χ0v) is 34.7. The van der Waals surface area contributed by atoms with Gasteiger partial charge in [0.25, 0.3) is 0 Å². The monoisotopic (exact) mass is 805 g/mol. The Kier molecular flexibility index (Phi) is 8.76. The molecule has 0 amide bonds. The molecule has 0 spiro atoms. The summed E-state index contributed by atoms with van der Waals surface area (Å²) >= 11 is 1.88. The zero-order chi connectivity index (χ0) is 41.0. The lowest BCUT2D eigenvalue weighted by atomic mass is 9.92. The SMILES string of the molecule is c1ccc(-c2ccc(-c3cccc4ccccc34)cc2N(c2ccc(-c3cc4ccccc4c4ccccc34)cc2)c2ccc(-c3cccc4c3sc3ccccc34)cc2)cc1. The van der Waals surface area contributed by atoms with E-state index in [1.54, 1.807) is 0 Å². The molecule has 0 radical (unpaired) electrons. The summed E-state index contributed by atoms with van der Waals surface area (Å²) in [4.78, 5) is 2.45. The van der Waals surface area contributed by atoms with Crippen LogP contribution in [0.15, 0.2) is 237 Å². The summed E-state index contributed by atoms with van der Waals surface area (Å²) in [6.45, 7) is 0. The minimum Gasteiger partial charge on any atom is -0.310 e. The maximum absolute atomic E-state index is 2.45. The third-order valence-electron chi connectivity index (χ3n) is 12.5. The van der Waals surface area contributed by atoms with E-state index in [0.717, 1.165) is 17.1 Å². The second kappa shape index (κ2) is 15.0. The topological polar surface area (TPSA) is 3.24 Å².